The van der Waals surface area contributed by atoms with Crippen molar-refractivity contribution in [1.29, 1.82) is 0 Å². The van der Waals surface area contributed by atoms with Crippen LogP contribution in [0.4, 0.5) is 10.1 Å². The Morgan fingerprint density at radius 3 is 2.06 bits per heavy atom. The predicted octanol–water partition coefficient (Wildman–Crippen LogP) is 4.77. The van der Waals surface area contributed by atoms with Gasteiger partial charge in [-0.3, -0.25) is 9.10 Å². The zero-order valence-corrected chi connectivity index (χ0v) is 20.0. The van der Waals surface area contributed by atoms with Gasteiger partial charge in [0.2, 0.25) is 10.0 Å². The molecule has 0 spiro atoms. The predicted molar refractivity (Wildman–Crippen MR) is 130 cm³/mol. The van der Waals surface area contributed by atoms with E-state index in [0.29, 0.717) is 17.8 Å². The van der Waals surface area contributed by atoms with E-state index in [-0.39, 0.29) is 18.3 Å². The summed E-state index contributed by atoms with van der Waals surface area (Å²) in [7, 11) is -3.49. The maximum atomic E-state index is 13.0. The first kappa shape index (κ1) is 24.5. The van der Waals surface area contributed by atoms with Crippen LogP contribution < -0.4 is 9.62 Å². The summed E-state index contributed by atoms with van der Waals surface area (Å²) in [6, 6.07) is 19.0. The molecule has 0 saturated carbocycles. The Morgan fingerprint density at radius 1 is 0.909 bits per heavy atom. The normalized spacial score (nSPS) is 11.3. The van der Waals surface area contributed by atoms with Crippen molar-refractivity contribution >= 4 is 21.6 Å². The highest BCUT2D eigenvalue weighted by Crippen LogP contribution is 2.28. The van der Waals surface area contributed by atoms with Crippen LogP contribution in [0, 0.1) is 19.7 Å². The maximum absolute atomic E-state index is 13.0. The lowest BCUT2D eigenvalue weighted by molar-refractivity contribution is 0.0953. The molecule has 0 fully saturated rings. The van der Waals surface area contributed by atoms with Gasteiger partial charge < -0.3 is 5.32 Å². The van der Waals surface area contributed by atoms with Crippen LogP contribution in [-0.2, 0) is 23.0 Å². The number of carbonyl (C=O) groups excluding carboxylic acids is 1. The van der Waals surface area contributed by atoms with Crippen molar-refractivity contribution in [3.8, 4) is 0 Å². The highest BCUT2D eigenvalue weighted by molar-refractivity contribution is 7.92. The fourth-order valence-electron chi connectivity index (χ4n) is 3.74. The standard InChI is InChI=1S/C26H29FN2O3S/c1-19-6-4-7-20(2)25(19)29(33(3,31)32)18-22-9-13-23(14-10-22)26(30)28-17-5-8-21-11-15-24(27)16-12-21/h4,6-7,9-16H,5,8,17-18H2,1-3H3,(H,28,30). The van der Waals surface area contributed by atoms with Crippen molar-refractivity contribution in [3.63, 3.8) is 0 Å². The molecule has 3 aromatic rings. The molecule has 3 aromatic carbocycles. The third-order valence-electron chi connectivity index (χ3n) is 5.47. The largest absolute Gasteiger partial charge is 0.352 e. The van der Waals surface area contributed by atoms with E-state index in [1.807, 2.05) is 32.0 Å². The minimum atomic E-state index is -3.49. The Kier molecular flexibility index (Phi) is 7.87. The first-order chi connectivity index (χ1) is 15.6. The summed E-state index contributed by atoms with van der Waals surface area (Å²) < 4.78 is 39.4. The van der Waals surface area contributed by atoms with Crippen molar-refractivity contribution in [1.82, 2.24) is 5.32 Å². The van der Waals surface area contributed by atoms with Crippen LogP contribution in [0.2, 0.25) is 0 Å². The second kappa shape index (κ2) is 10.6. The van der Waals surface area contributed by atoms with Gasteiger partial charge in [-0.2, -0.15) is 0 Å². The number of aryl methyl sites for hydroxylation is 3. The summed E-state index contributed by atoms with van der Waals surface area (Å²) in [6.07, 6.45) is 2.69. The molecule has 7 heteroatoms. The van der Waals surface area contributed by atoms with Crippen LogP contribution in [0.1, 0.15) is 39.0 Å². The highest BCUT2D eigenvalue weighted by Gasteiger charge is 2.21. The number of rotatable bonds is 9. The van der Waals surface area contributed by atoms with E-state index in [4.69, 9.17) is 0 Å². The van der Waals surface area contributed by atoms with Gasteiger partial charge in [0.05, 0.1) is 18.5 Å². The van der Waals surface area contributed by atoms with Gasteiger partial charge in [0.15, 0.2) is 0 Å². The zero-order valence-electron chi connectivity index (χ0n) is 19.1. The number of carbonyl (C=O) groups is 1. The van der Waals surface area contributed by atoms with Crippen molar-refractivity contribution in [2.75, 3.05) is 17.1 Å². The van der Waals surface area contributed by atoms with Crippen LogP contribution in [0.15, 0.2) is 66.7 Å². The van der Waals surface area contributed by atoms with E-state index < -0.39 is 10.0 Å². The van der Waals surface area contributed by atoms with E-state index in [1.54, 1.807) is 36.4 Å². The fraction of sp³-hybridized carbons (Fsp3) is 0.269. The Hall–Kier alpha value is -3.19. The molecule has 0 aromatic heterocycles. The lowest BCUT2D eigenvalue weighted by atomic mass is 10.1. The molecule has 0 aliphatic rings. The molecule has 0 heterocycles. The van der Waals surface area contributed by atoms with E-state index >= 15 is 0 Å². The topological polar surface area (TPSA) is 66.5 Å². The summed E-state index contributed by atoms with van der Waals surface area (Å²) >= 11 is 0. The Labute approximate surface area is 195 Å². The van der Waals surface area contributed by atoms with Gasteiger partial charge >= 0.3 is 0 Å². The highest BCUT2D eigenvalue weighted by atomic mass is 32.2. The Morgan fingerprint density at radius 2 is 1.48 bits per heavy atom. The van der Waals surface area contributed by atoms with Crippen molar-refractivity contribution in [2.24, 2.45) is 0 Å². The number of hydrogen-bond donors (Lipinski definition) is 1. The van der Waals surface area contributed by atoms with E-state index in [0.717, 1.165) is 35.1 Å². The van der Waals surface area contributed by atoms with Gasteiger partial charge in [-0.1, -0.05) is 42.5 Å². The second-order valence-electron chi connectivity index (χ2n) is 8.19. The van der Waals surface area contributed by atoms with Crippen LogP contribution in [0.25, 0.3) is 0 Å². The molecule has 3 rings (SSSR count). The molecule has 0 atom stereocenters. The average Bonchev–Trinajstić information content (AvgIpc) is 2.77. The maximum Gasteiger partial charge on any atom is 0.251 e. The Bertz CT molecular complexity index is 1190. The van der Waals surface area contributed by atoms with Gasteiger partial charge in [-0.25, -0.2) is 12.8 Å². The van der Waals surface area contributed by atoms with Gasteiger partial charge in [0.1, 0.15) is 5.82 Å². The van der Waals surface area contributed by atoms with E-state index in [9.17, 15) is 17.6 Å². The molecule has 1 amide bonds. The number of nitrogens with one attached hydrogen (secondary N) is 1. The number of amides is 1. The SMILES string of the molecule is Cc1cccc(C)c1N(Cc1ccc(C(=O)NCCCc2ccc(F)cc2)cc1)S(C)(=O)=O. The molecule has 0 saturated heterocycles. The molecular weight excluding hydrogens is 439 g/mol. The number of anilines is 1. The summed E-state index contributed by atoms with van der Waals surface area (Å²) in [5, 5.41) is 2.89. The van der Waals surface area contributed by atoms with Gasteiger partial charge in [-0.05, 0) is 73.2 Å². The molecule has 1 N–H and O–H groups in total. The average molecular weight is 469 g/mol. The monoisotopic (exact) mass is 468 g/mol. The van der Waals surface area contributed by atoms with E-state index in [1.165, 1.54) is 22.7 Å². The Balaban J connectivity index is 1.61. The first-order valence-electron chi connectivity index (χ1n) is 10.8. The van der Waals surface area contributed by atoms with Gasteiger partial charge in [-0.15, -0.1) is 0 Å². The van der Waals surface area contributed by atoms with Crippen LogP contribution in [0.3, 0.4) is 0 Å². The molecular formula is C26H29FN2O3S. The van der Waals surface area contributed by atoms with Crippen LogP contribution in [-0.4, -0.2) is 27.1 Å². The molecule has 0 bridgehead atoms. The fourth-order valence-corrected chi connectivity index (χ4v) is 4.74. The number of para-hydroxylation sites is 1. The smallest absolute Gasteiger partial charge is 0.251 e. The van der Waals surface area contributed by atoms with Crippen molar-refractivity contribution in [3.05, 3.63) is 100 Å². The second-order valence-corrected chi connectivity index (χ2v) is 10.1. The summed E-state index contributed by atoms with van der Waals surface area (Å²) in [5.74, 6) is -0.445. The lowest BCUT2D eigenvalue weighted by Crippen LogP contribution is -2.30. The number of sulfonamides is 1. The van der Waals surface area contributed by atoms with Crippen LogP contribution >= 0.6 is 0 Å². The molecule has 0 radical (unpaired) electrons. The van der Waals surface area contributed by atoms with Gasteiger partial charge in [0.25, 0.3) is 5.91 Å². The number of benzene rings is 3. The first-order valence-corrected chi connectivity index (χ1v) is 12.7. The third-order valence-corrected chi connectivity index (χ3v) is 6.58. The number of hydrogen-bond acceptors (Lipinski definition) is 3. The van der Waals surface area contributed by atoms with Crippen LogP contribution in [0.5, 0.6) is 0 Å². The minimum absolute atomic E-state index is 0.185. The van der Waals surface area contributed by atoms with Crippen molar-refractivity contribution in [2.45, 2.75) is 33.2 Å². The van der Waals surface area contributed by atoms with Crippen molar-refractivity contribution < 1.29 is 17.6 Å². The molecule has 0 aliphatic carbocycles. The summed E-state index contributed by atoms with van der Waals surface area (Å²) in [4.78, 5) is 12.4. The quantitative estimate of drug-likeness (QED) is 0.460. The molecule has 174 valence electrons. The zero-order chi connectivity index (χ0) is 24.0. The summed E-state index contributed by atoms with van der Waals surface area (Å²) in [5.41, 5.74) is 4.78. The summed E-state index contributed by atoms with van der Waals surface area (Å²) in [6.45, 7) is 4.48. The molecule has 5 nitrogen and oxygen atoms in total. The molecule has 0 aliphatic heterocycles. The number of nitrogens with zero attached hydrogens (tertiary/aromatic N) is 1. The lowest BCUT2D eigenvalue weighted by Gasteiger charge is -2.26. The molecule has 0 unspecified atom stereocenters. The van der Waals surface area contributed by atoms with Gasteiger partial charge in [0, 0.05) is 12.1 Å². The molecule has 33 heavy (non-hydrogen) atoms. The van der Waals surface area contributed by atoms with E-state index in [2.05, 4.69) is 5.32 Å². The third kappa shape index (κ3) is 6.65. The number of halogens is 1. The minimum Gasteiger partial charge on any atom is -0.352 e.